The quantitative estimate of drug-likeness (QED) is 0.844. The Morgan fingerprint density at radius 1 is 1.44 bits per heavy atom. The van der Waals surface area contributed by atoms with E-state index in [1.165, 1.54) is 0 Å². The molecule has 2 fully saturated rings. The average molecular weight is 249 g/mol. The number of aliphatic hydroxyl groups excluding tert-OH is 1. The lowest BCUT2D eigenvalue weighted by Gasteiger charge is -2.28. The molecule has 0 radical (unpaired) electrons. The number of hydrogen-bond donors (Lipinski definition) is 2. The molecule has 2 aliphatic rings. The number of aliphatic hydroxyl groups is 1. The smallest absolute Gasteiger partial charge is 0.293 e. The topological polar surface area (TPSA) is 67.2 Å². The Morgan fingerprint density at radius 2 is 2.17 bits per heavy atom. The Morgan fingerprint density at radius 3 is 2.78 bits per heavy atom. The second-order valence-corrected chi connectivity index (χ2v) is 5.49. The molecule has 18 heavy (non-hydrogen) atoms. The Kier molecular flexibility index (Phi) is 2.86. The van der Waals surface area contributed by atoms with Crippen molar-refractivity contribution in [3.05, 3.63) is 22.7 Å². The fourth-order valence-electron chi connectivity index (χ4n) is 2.78. The highest BCUT2D eigenvalue weighted by Crippen LogP contribution is 2.34. The van der Waals surface area contributed by atoms with E-state index in [9.17, 15) is 9.90 Å². The van der Waals surface area contributed by atoms with Crippen LogP contribution >= 0.6 is 0 Å². The fourth-order valence-corrected chi connectivity index (χ4v) is 2.78. The molecular weight excluding hydrogens is 230 g/mol. The highest BCUT2D eigenvalue weighted by Gasteiger charge is 2.34. The van der Waals surface area contributed by atoms with Gasteiger partial charge in [0.05, 0.1) is 12.1 Å². The van der Waals surface area contributed by atoms with Crippen LogP contribution in [0, 0.1) is 0 Å². The highest BCUT2D eigenvalue weighted by atomic mass is 16.3. The van der Waals surface area contributed by atoms with E-state index in [-0.39, 0.29) is 17.7 Å². The molecule has 0 amide bonds. The highest BCUT2D eigenvalue weighted by molar-refractivity contribution is 5.36. The maximum atomic E-state index is 12.3. The third-order valence-corrected chi connectivity index (χ3v) is 4.06. The van der Waals surface area contributed by atoms with E-state index in [1.54, 1.807) is 17.0 Å². The number of aromatic nitrogens is 2. The maximum absolute atomic E-state index is 12.3. The average Bonchev–Trinajstić information content (AvgIpc) is 3.12. The Balaban J connectivity index is 1.88. The molecule has 1 aromatic rings. The minimum absolute atomic E-state index is 0.0558. The molecule has 2 saturated carbocycles. The van der Waals surface area contributed by atoms with E-state index in [1.807, 2.05) is 0 Å². The van der Waals surface area contributed by atoms with Gasteiger partial charge in [0.25, 0.3) is 5.56 Å². The molecule has 1 heterocycles. The molecule has 98 valence electrons. The third-order valence-electron chi connectivity index (χ3n) is 4.06. The SMILES string of the molecule is O=c1c(NC2(CO)CCCC2)nccn1C1CC1. The maximum Gasteiger partial charge on any atom is 0.293 e. The molecule has 1 aromatic heterocycles. The van der Waals surface area contributed by atoms with Crippen molar-refractivity contribution in [1.82, 2.24) is 9.55 Å². The van der Waals surface area contributed by atoms with Gasteiger partial charge in [-0.1, -0.05) is 12.8 Å². The van der Waals surface area contributed by atoms with Crippen molar-refractivity contribution in [2.75, 3.05) is 11.9 Å². The summed E-state index contributed by atoms with van der Waals surface area (Å²) in [6, 6.07) is 0.356. The van der Waals surface area contributed by atoms with Crippen molar-refractivity contribution >= 4 is 5.82 Å². The van der Waals surface area contributed by atoms with Crippen LogP contribution in [0.25, 0.3) is 0 Å². The first-order chi connectivity index (χ1) is 8.74. The molecule has 3 rings (SSSR count). The molecule has 0 aliphatic heterocycles. The van der Waals surface area contributed by atoms with Gasteiger partial charge >= 0.3 is 0 Å². The predicted molar refractivity (Wildman–Crippen MR) is 68.7 cm³/mol. The summed E-state index contributed by atoms with van der Waals surface area (Å²) in [6.07, 6.45) is 9.58. The molecule has 0 bridgehead atoms. The van der Waals surface area contributed by atoms with Gasteiger partial charge in [0, 0.05) is 18.4 Å². The van der Waals surface area contributed by atoms with Crippen molar-refractivity contribution in [3.8, 4) is 0 Å². The molecule has 0 aromatic carbocycles. The Hall–Kier alpha value is -1.36. The molecule has 0 saturated heterocycles. The zero-order valence-electron chi connectivity index (χ0n) is 10.4. The van der Waals surface area contributed by atoms with E-state index in [0.717, 1.165) is 38.5 Å². The van der Waals surface area contributed by atoms with Gasteiger partial charge in [-0.2, -0.15) is 0 Å². The number of rotatable bonds is 4. The van der Waals surface area contributed by atoms with Crippen LogP contribution in [0.4, 0.5) is 5.82 Å². The number of anilines is 1. The summed E-state index contributed by atoms with van der Waals surface area (Å²) in [7, 11) is 0. The number of hydrogen-bond acceptors (Lipinski definition) is 4. The van der Waals surface area contributed by atoms with Gasteiger partial charge in [0.15, 0.2) is 5.82 Å². The summed E-state index contributed by atoms with van der Waals surface area (Å²) in [5, 5.41) is 12.8. The number of nitrogens with one attached hydrogen (secondary N) is 1. The van der Waals surface area contributed by atoms with E-state index in [0.29, 0.717) is 11.9 Å². The van der Waals surface area contributed by atoms with Gasteiger partial charge in [0.1, 0.15) is 0 Å². The van der Waals surface area contributed by atoms with Crippen LogP contribution in [-0.2, 0) is 0 Å². The molecule has 0 spiro atoms. The van der Waals surface area contributed by atoms with E-state index in [2.05, 4.69) is 10.3 Å². The molecule has 2 aliphatic carbocycles. The summed E-state index contributed by atoms with van der Waals surface area (Å²) in [6.45, 7) is 0.0619. The van der Waals surface area contributed by atoms with Crippen LogP contribution < -0.4 is 10.9 Å². The standard InChI is InChI=1S/C13H19N3O2/c17-9-13(5-1-2-6-13)15-11-12(18)16(8-7-14-11)10-3-4-10/h7-8,10,17H,1-6,9H2,(H,14,15). The fraction of sp³-hybridized carbons (Fsp3) is 0.692. The van der Waals surface area contributed by atoms with Crippen molar-refractivity contribution in [1.29, 1.82) is 0 Å². The second kappa shape index (κ2) is 4.39. The van der Waals surface area contributed by atoms with Crippen LogP contribution in [0.2, 0.25) is 0 Å². The zero-order valence-corrected chi connectivity index (χ0v) is 10.4. The van der Waals surface area contributed by atoms with Gasteiger partial charge < -0.3 is 15.0 Å². The van der Waals surface area contributed by atoms with Crippen LogP contribution in [0.15, 0.2) is 17.2 Å². The number of nitrogens with zero attached hydrogens (tertiary/aromatic N) is 2. The van der Waals surface area contributed by atoms with Crippen LogP contribution in [0.1, 0.15) is 44.6 Å². The molecular formula is C13H19N3O2. The van der Waals surface area contributed by atoms with Crippen LogP contribution in [0.3, 0.4) is 0 Å². The minimum atomic E-state index is -0.338. The second-order valence-electron chi connectivity index (χ2n) is 5.49. The van der Waals surface area contributed by atoms with Crippen LogP contribution in [-0.4, -0.2) is 26.8 Å². The van der Waals surface area contributed by atoms with E-state index in [4.69, 9.17) is 0 Å². The first-order valence-corrected chi connectivity index (χ1v) is 6.70. The summed E-state index contributed by atoms with van der Waals surface area (Å²) in [4.78, 5) is 16.4. The lowest BCUT2D eigenvalue weighted by atomic mass is 9.99. The molecule has 5 heteroatoms. The van der Waals surface area contributed by atoms with Gasteiger partial charge in [-0.3, -0.25) is 4.79 Å². The van der Waals surface area contributed by atoms with Gasteiger partial charge in [-0.05, 0) is 25.7 Å². The monoisotopic (exact) mass is 249 g/mol. The summed E-state index contributed by atoms with van der Waals surface area (Å²) < 4.78 is 1.76. The van der Waals surface area contributed by atoms with Crippen LogP contribution in [0.5, 0.6) is 0 Å². The van der Waals surface area contributed by atoms with Crippen molar-refractivity contribution < 1.29 is 5.11 Å². The molecule has 5 nitrogen and oxygen atoms in total. The normalized spacial score (nSPS) is 22.1. The first-order valence-electron chi connectivity index (χ1n) is 6.70. The van der Waals surface area contributed by atoms with Crippen molar-refractivity contribution in [2.24, 2.45) is 0 Å². The van der Waals surface area contributed by atoms with Crippen molar-refractivity contribution in [2.45, 2.75) is 50.1 Å². The molecule has 2 N–H and O–H groups in total. The Labute approximate surface area is 106 Å². The summed E-state index contributed by atoms with van der Waals surface area (Å²) in [5.74, 6) is 0.389. The predicted octanol–water partition coefficient (Wildman–Crippen LogP) is 1.30. The largest absolute Gasteiger partial charge is 0.394 e. The van der Waals surface area contributed by atoms with Gasteiger partial charge in [0.2, 0.25) is 0 Å². The summed E-state index contributed by atoms with van der Waals surface area (Å²) >= 11 is 0. The lowest BCUT2D eigenvalue weighted by molar-refractivity contribution is 0.213. The van der Waals surface area contributed by atoms with Gasteiger partial charge in [-0.15, -0.1) is 0 Å². The third kappa shape index (κ3) is 2.03. The van der Waals surface area contributed by atoms with Gasteiger partial charge in [-0.25, -0.2) is 4.98 Å². The first kappa shape index (κ1) is 11.7. The molecule has 0 atom stereocenters. The summed E-state index contributed by atoms with van der Waals surface area (Å²) in [5.41, 5.74) is -0.394. The zero-order chi connectivity index (χ0) is 12.6. The van der Waals surface area contributed by atoms with E-state index >= 15 is 0 Å². The van der Waals surface area contributed by atoms with Crippen molar-refractivity contribution in [3.63, 3.8) is 0 Å². The lowest BCUT2D eigenvalue weighted by Crippen LogP contribution is -2.42. The van der Waals surface area contributed by atoms with E-state index < -0.39 is 0 Å². The minimum Gasteiger partial charge on any atom is -0.394 e. The molecule has 0 unspecified atom stereocenters. The Bertz CT molecular complexity index is 487.